The van der Waals surface area contributed by atoms with Crippen LogP contribution >= 0.6 is 0 Å². The molecule has 0 radical (unpaired) electrons. The van der Waals surface area contributed by atoms with Crippen LogP contribution in [0.25, 0.3) is 5.52 Å². The molecule has 3 atom stereocenters. The Morgan fingerprint density at radius 1 is 1.39 bits per heavy atom. The number of H-pyrrole nitrogens is 1. The van der Waals surface area contributed by atoms with Crippen molar-refractivity contribution in [3.8, 4) is 0 Å². The molecule has 0 aromatic carbocycles. The van der Waals surface area contributed by atoms with Crippen molar-refractivity contribution in [3.05, 3.63) is 35.9 Å². The highest BCUT2D eigenvalue weighted by atomic mass is 16.6. The summed E-state index contributed by atoms with van der Waals surface area (Å²) in [6.07, 6.45) is 6.53. The zero-order valence-corrected chi connectivity index (χ0v) is 18.1. The molecule has 10 heteroatoms. The highest BCUT2D eigenvalue weighted by Gasteiger charge is 2.30. The minimum absolute atomic E-state index is 0.0739. The first kappa shape index (κ1) is 21.1. The molecule has 0 spiro atoms. The Morgan fingerprint density at radius 3 is 3.06 bits per heavy atom. The molecule has 31 heavy (non-hydrogen) atoms. The van der Waals surface area contributed by atoms with Crippen LogP contribution in [0.15, 0.2) is 24.5 Å². The van der Waals surface area contributed by atoms with Crippen LogP contribution < -0.4 is 10.6 Å². The number of carbonyl (C=O) groups excluding carboxylic acids is 1. The van der Waals surface area contributed by atoms with Gasteiger partial charge in [-0.15, -0.1) is 0 Å². The third-order valence-corrected chi connectivity index (χ3v) is 5.65. The number of methoxy groups -OCH3 is 1. The van der Waals surface area contributed by atoms with Crippen LogP contribution in [0.5, 0.6) is 0 Å². The fraction of sp³-hybridized carbons (Fsp3) is 0.524. The molecule has 1 aliphatic carbocycles. The standard InChI is InChI=1S/C21H29N7O3/c1-4-13(2)23-21(29)31-16-6-5-14(9-16)17-11-19(26-25-17)24-20-18-10-15(12-30-3)27-28(18)8-7-22-20/h7-8,10-11,13-14,16H,4-6,9,12H2,1-3H3,(H,23,29)(H2,22,24,25,26)/t13-,14-,16+/m0/s1. The molecular formula is C21H29N7O3. The predicted octanol–water partition coefficient (Wildman–Crippen LogP) is 3.50. The Labute approximate surface area is 180 Å². The number of rotatable bonds is 8. The number of aromatic amines is 1. The van der Waals surface area contributed by atoms with Gasteiger partial charge in [0.25, 0.3) is 0 Å². The van der Waals surface area contributed by atoms with E-state index in [1.807, 2.05) is 26.0 Å². The molecule has 4 rings (SSSR count). The van der Waals surface area contributed by atoms with Crippen LogP contribution in [0, 0.1) is 0 Å². The van der Waals surface area contributed by atoms with E-state index in [-0.39, 0.29) is 24.2 Å². The van der Waals surface area contributed by atoms with Gasteiger partial charge >= 0.3 is 6.09 Å². The number of hydrogen-bond donors (Lipinski definition) is 3. The number of carbonyl (C=O) groups is 1. The van der Waals surface area contributed by atoms with Gasteiger partial charge in [-0.25, -0.2) is 14.3 Å². The number of ether oxygens (including phenoxy) is 2. The second-order valence-electron chi connectivity index (χ2n) is 8.00. The molecule has 166 valence electrons. The summed E-state index contributed by atoms with van der Waals surface area (Å²) < 4.78 is 12.5. The lowest BCUT2D eigenvalue weighted by Gasteiger charge is -2.16. The first-order chi connectivity index (χ1) is 15.1. The van der Waals surface area contributed by atoms with Crippen molar-refractivity contribution in [2.24, 2.45) is 0 Å². The van der Waals surface area contributed by atoms with E-state index in [2.05, 4.69) is 30.9 Å². The zero-order chi connectivity index (χ0) is 21.8. The summed E-state index contributed by atoms with van der Waals surface area (Å²) in [4.78, 5) is 16.4. The van der Waals surface area contributed by atoms with Gasteiger partial charge in [-0.3, -0.25) is 5.10 Å². The number of anilines is 2. The number of hydrogen-bond acceptors (Lipinski definition) is 7. The Kier molecular flexibility index (Phi) is 6.36. The molecule has 3 heterocycles. The minimum Gasteiger partial charge on any atom is -0.446 e. The predicted molar refractivity (Wildman–Crippen MR) is 115 cm³/mol. The van der Waals surface area contributed by atoms with Crippen LogP contribution in [0.4, 0.5) is 16.4 Å². The quantitative estimate of drug-likeness (QED) is 0.503. The molecule has 3 aromatic rings. The molecular weight excluding hydrogens is 398 g/mol. The molecule has 0 saturated heterocycles. The maximum Gasteiger partial charge on any atom is 0.407 e. The van der Waals surface area contributed by atoms with E-state index in [1.165, 1.54) is 0 Å². The number of amides is 1. The van der Waals surface area contributed by atoms with Gasteiger partial charge in [-0.05, 0) is 38.7 Å². The Morgan fingerprint density at radius 2 is 2.26 bits per heavy atom. The summed E-state index contributed by atoms with van der Waals surface area (Å²) in [6, 6.07) is 4.05. The highest BCUT2D eigenvalue weighted by molar-refractivity contribution is 5.72. The van der Waals surface area contributed by atoms with Gasteiger partial charge in [0.15, 0.2) is 11.6 Å². The van der Waals surface area contributed by atoms with E-state index in [0.29, 0.717) is 18.2 Å². The van der Waals surface area contributed by atoms with Crippen molar-refractivity contribution in [1.29, 1.82) is 0 Å². The van der Waals surface area contributed by atoms with Gasteiger partial charge in [-0.1, -0.05) is 6.92 Å². The van der Waals surface area contributed by atoms with Gasteiger partial charge in [-0.2, -0.15) is 10.2 Å². The normalized spacial score (nSPS) is 19.5. The molecule has 1 amide bonds. The maximum atomic E-state index is 12.0. The largest absolute Gasteiger partial charge is 0.446 e. The molecule has 1 fully saturated rings. The van der Waals surface area contributed by atoms with Crippen LogP contribution in [0.3, 0.4) is 0 Å². The molecule has 3 aromatic heterocycles. The van der Waals surface area contributed by atoms with E-state index in [4.69, 9.17) is 9.47 Å². The fourth-order valence-electron chi connectivity index (χ4n) is 3.84. The second kappa shape index (κ2) is 9.34. The number of aromatic nitrogens is 5. The summed E-state index contributed by atoms with van der Waals surface area (Å²) in [5, 5.41) is 18.1. The smallest absolute Gasteiger partial charge is 0.407 e. The van der Waals surface area contributed by atoms with Gasteiger partial charge in [0, 0.05) is 43.2 Å². The van der Waals surface area contributed by atoms with Crippen molar-refractivity contribution >= 4 is 23.2 Å². The van der Waals surface area contributed by atoms with E-state index in [1.54, 1.807) is 24.0 Å². The Bertz CT molecular complexity index is 1030. The molecule has 0 unspecified atom stereocenters. The first-order valence-electron chi connectivity index (χ1n) is 10.7. The van der Waals surface area contributed by atoms with Crippen molar-refractivity contribution in [2.75, 3.05) is 12.4 Å². The van der Waals surface area contributed by atoms with Gasteiger partial charge < -0.3 is 20.1 Å². The first-order valence-corrected chi connectivity index (χ1v) is 10.7. The average Bonchev–Trinajstić information content (AvgIpc) is 3.48. The molecule has 1 aliphatic rings. The topological polar surface area (TPSA) is 118 Å². The van der Waals surface area contributed by atoms with Crippen molar-refractivity contribution in [3.63, 3.8) is 0 Å². The van der Waals surface area contributed by atoms with E-state index >= 15 is 0 Å². The molecule has 1 saturated carbocycles. The number of alkyl carbamates (subject to hydrolysis) is 1. The fourth-order valence-corrected chi connectivity index (χ4v) is 3.84. The van der Waals surface area contributed by atoms with Crippen molar-refractivity contribution in [1.82, 2.24) is 30.1 Å². The zero-order valence-electron chi connectivity index (χ0n) is 18.1. The average molecular weight is 428 g/mol. The lowest BCUT2D eigenvalue weighted by atomic mass is 10.0. The molecule has 10 nitrogen and oxygen atoms in total. The van der Waals surface area contributed by atoms with Gasteiger partial charge in [0.2, 0.25) is 0 Å². The van der Waals surface area contributed by atoms with Gasteiger partial charge in [0.05, 0.1) is 12.3 Å². The minimum atomic E-state index is -0.334. The van der Waals surface area contributed by atoms with Crippen molar-refractivity contribution < 1.29 is 14.3 Å². The summed E-state index contributed by atoms with van der Waals surface area (Å²) >= 11 is 0. The maximum absolute atomic E-state index is 12.0. The molecule has 0 bridgehead atoms. The second-order valence-corrected chi connectivity index (χ2v) is 8.00. The van der Waals surface area contributed by atoms with Crippen LogP contribution in [-0.2, 0) is 16.1 Å². The highest BCUT2D eigenvalue weighted by Crippen LogP contribution is 2.36. The van der Waals surface area contributed by atoms with Crippen LogP contribution in [0.1, 0.15) is 56.8 Å². The molecule has 0 aliphatic heterocycles. The van der Waals surface area contributed by atoms with Crippen LogP contribution in [-0.4, -0.2) is 50.1 Å². The number of nitrogens with zero attached hydrogens (tertiary/aromatic N) is 4. The molecule has 3 N–H and O–H groups in total. The van der Waals surface area contributed by atoms with Crippen molar-refractivity contribution in [2.45, 2.75) is 64.2 Å². The summed E-state index contributed by atoms with van der Waals surface area (Å²) in [6.45, 7) is 4.44. The van der Waals surface area contributed by atoms with E-state index in [9.17, 15) is 4.79 Å². The number of nitrogens with one attached hydrogen (secondary N) is 3. The SMILES string of the molecule is CC[C@H](C)NC(=O)O[C@@H]1CC[C@H](c2cc(Nc3nccn4nc(COC)cc34)n[nH]2)C1. The van der Waals surface area contributed by atoms with Gasteiger partial charge in [0.1, 0.15) is 11.6 Å². The van der Waals surface area contributed by atoms with Crippen LogP contribution in [0.2, 0.25) is 0 Å². The monoisotopic (exact) mass is 427 g/mol. The van der Waals surface area contributed by atoms with E-state index in [0.717, 1.165) is 42.6 Å². The van der Waals surface area contributed by atoms with E-state index < -0.39 is 0 Å². The Balaban J connectivity index is 1.38. The number of fused-ring (bicyclic) bond motifs is 1. The lowest BCUT2D eigenvalue weighted by Crippen LogP contribution is -2.34. The summed E-state index contributed by atoms with van der Waals surface area (Å²) in [5.41, 5.74) is 2.70. The third-order valence-electron chi connectivity index (χ3n) is 5.65. The Hall–Kier alpha value is -3.14. The summed E-state index contributed by atoms with van der Waals surface area (Å²) in [5.74, 6) is 1.63. The summed E-state index contributed by atoms with van der Waals surface area (Å²) in [7, 11) is 1.64. The lowest BCUT2D eigenvalue weighted by molar-refractivity contribution is 0.0974. The third kappa shape index (κ3) is 4.96.